The van der Waals surface area contributed by atoms with Gasteiger partial charge >= 0.3 is 0 Å². The first kappa shape index (κ1) is 22.6. The van der Waals surface area contributed by atoms with Crippen molar-refractivity contribution in [2.75, 3.05) is 0 Å². The SMILES string of the molecule is CCC1(CC)c2cc(-c3ccccc3)cc3c2-c2c(c([Si](C)C)cc[n+]2C1(C)CC)C3(C)C. The van der Waals surface area contributed by atoms with E-state index in [1.165, 1.54) is 22.4 Å². The van der Waals surface area contributed by atoms with E-state index in [4.69, 9.17) is 0 Å². The van der Waals surface area contributed by atoms with E-state index < -0.39 is 8.80 Å². The van der Waals surface area contributed by atoms with E-state index in [0.717, 1.165) is 19.3 Å². The molecule has 33 heavy (non-hydrogen) atoms. The molecule has 0 bridgehead atoms. The highest BCUT2D eigenvalue weighted by molar-refractivity contribution is 6.71. The van der Waals surface area contributed by atoms with Crippen LogP contribution in [0.25, 0.3) is 22.4 Å². The van der Waals surface area contributed by atoms with Crippen molar-refractivity contribution >= 4 is 14.0 Å². The topological polar surface area (TPSA) is 3.88 Å². The zero-order chi connectivity index (χ0) is 23.8. The molecule has 171 valence electrons. The van der Waals surface area contributed by atoms with Crippen molar-refractivity contribution in [3.05, 3.63) is 71.4 Å². The quantitative estimate of drug-likeness (QED) is 0.286. The average molecular weight is 454 g/mol. The number of pyridine rings is 1. The number of hydrogen-bond acceptors (Lipinski definition) is 0. The van der Waals surface area contributed by atoms with E-state index in [0.29, 0.717) is 0 Å². The van der Waals surface area contributed by atoms with Gasteiger partial charge in [0.15, 0.2) is 11.7 Å². The van der Waals surface area contributed by atoms with Gasteiger partial charge < -0.3 is 0 Å². The summed E-state index contributed by atoms with van der Waals surface area (Å²) in [6.45, 7) is 19.6. The van der Waals surface area contributed by atoms with Crippen molar-refractivity contribution in [3.8, 4) is 22.4 Å². The van der Waals surface area contributed by atoms with E-state index in [1.807, 2.05) is 0 Å². The fourth-order valence-electron chi connectivity index (χ4n) is 7.38. The predicted molar refractivity (Wildman–Crippen MR) is 143 cm³/mol. The summed E-state index contributed by atoms with van der Waals surface area (Å²) in [5.74, 6) is 0. The molecule has 1 nitrogen and oxygen atoms in total. The van der Waals surface area contributed by atoms with Crippen LogP contribution in [0.5, 0.6) is 0 Å². The van der Waals surface area contributed by atoms with Gasteiger partial charge in [0.25, 0.3) is 0 Å². The Hall–Kier alpha value is -2.19. The van der Waals surface area contributed by atoms with E-state index in [9.17, 15) is 0 Å². The third-order valence-corrected chi connectivity index (χ3v) is 10.9. The van der Waals surface area contributed by atoms with Gasteiger partial charge in [0.05, 0.1) is 19.8 Å². The van der Waals surface area contributed by atoms with Gasteiger partial charge in [0, 0.05) is 30.4 Å². The van der Waals surface area contributed by atoms with Crippen molar-refractivity contribution in [3.63, 3.8) is 0 Å². The van der Waals surface area contributed by atoms with Gasteiger partial charge in [0.2, 0.25) is 5.69 Å². The Kier molecular flexibility index (Phi) is 5.07. The molecule has 5 rings (SSSR count). The summed E-state index contributed by atoms with van der Waals surface area (Å²) in [5, 5.41) is 1.61. The average Bonchev–Trinajstić information content (AvgIpc) is 3.07. The Morgan fingerprint density at radius 1 is 0.788 bits per heavy atom. The van der Waals surface area contributed by atoms with Crippen LogP contribution in [0.2, 0.25) is 13.1 Å². The first-order valence-corrected chi connectivity index (χ1v) is 15.3. The Balaban J connectivity index is 1.99. The standard InChI is InChI=1S/C31H39NSi/c1-9-30(6)31(10-2,11-3)24-20-22(21-15-13-12-14-16-21)19-23-26(24)28-27(29(23,4)5)25(33(7)8)17-18-32(28)30/h12-20H,9-11H2,1-8H3/q+1. The maximum absolute atomic E-state index is 2.71. The minimum Gasteiger partial charge on any atom is -0.192 e. The summed E-state index contributed by atoms with van der Waals surface area (Å²) in [6, 6.07) is 18.6. The molecule has 3 aromatic rings. The first-order chi connectivity index (χ1) is 15.7. The highest BCUT2D eigenvalue weighted by atomic mass is 28.3. The van der Waals surface area contributed by atoms with Crippen LogP contribution in [0.3, 0.4) is 0 Å². The predicted octanol–water partition coefficient (Wildman–Crippen LogP) is 7.11. The molecule has 1 atom stereocenters. The minimum absolute atomic E-state index is 0.0106. The molecule has 2 heteroatoms. The van der Waals surface area contributed by atoms with E-state index in [2.05, 4.69) is 114 Å². The van der Waals surface area contributed by atoms with Crippen molar-refractivity contribution < 1.29 is 4.57 Å². The zero-order valence-corrected chi connectivity index (χ0v) is 22.8. The van der Waals surface area contributed by atoms with Crippen molar-refractivity contribution in [2.45, 2.75) is 90.3 Å². The van der Waals surface area contributed by atoms with Gasteiger partial charge in [-0.25, -0.2) is 0 Å². The van der Waals surface area contributed by atoms with Crippen LogP contribution in [-0.2, 0) is 16.4 Å². The number of aromatic nitrogens is 1. The number of nitrogens with zero attached hydrogens (tertiary/aromatic N) is 1. The summed E-state index contributed by atoms with van der Waals surface area (Å²) in [6.07, 6.45) is 5.89. The smallest absolute Gasteiger partial charge is 0.192 e. The van der Waals surface area contributed by atoms with Crippen molar-refractivity contribution in [1.82, 2.24) is 0 Å². The summed E-state index contributed by atoms with van der Waals surface area (Å²) >= 11 is 0. The number of hydrogen-bond donors (Lipinski definition) is 0. The van der Waals surface area contributed by atoms with Gasteiger partial charge in [-0.05, 0) is 52.4 Å². The Morgan fingerprint density at radius 2 is 1.42 bits per heavy atom. The Bertz CT molecular complexity index is 1230. The molecule has 2 aromatic carbocycles. The van der Waals surface area contributed by atoms with E-state index in [-0.39, 0.29) is 16.4 Å². The summed E-state index contributed by atoms with van der Waals surface area (Å²) in [5.41, 5.74) is 10.7. The molecule has 1 aromatic heterocycles. The van der Waals surface area contributed by atoms with E-state index >= 15 is 0 Å². The second-order valence-electron chi connectivity index (χ2n) is 11.2. The largest absolute Gasteiger partial charge is 0.217 e. The monoisotopic (exact) mass is 453 g/mol. The molecule has 1 aliphatic heterocycles. The maximum atomic E-state index is 2.71. The zero-order valence-electron chi connectivity index (χ0n) is 21.8. The highest BCUT2D eigenvalue weighted by Crippen LogP contribution is 2.59. The second-order valence-corrected chi connectivity index (χ2v) is 13.7. The van der Waals surface area contributed by atoms with Crippen LogP contribution < -0.4 is 9.75 Å². The lowest BCUT2D eigenvalue weighted by Crippen LogP contribution is -2.68. The molecule has 0 spiro atoms. The molecule has 2 heterocycles. The lowest BCUT2D eigenvalue weighted by molar-refractivity contribution is -0.766. The minimum atomic E-state index is -0.586. The molecule has 0 N–H and O–H groups in total. The van der Waals surface area contributed by atoms with E-state index in [1.54, 1.807) is 21.9 Å². The molecular formula is C31H39NSi+. The van der Waals surface area contributed by atoms with Crippen LogP contribution >= 0.6 is 0 Å². The van der Waals surface area contributed by atoms with Gasteiger partial charge in [-0.1, -0.05) is 78.0 Å². The highest BCUT2D eigenvalue weighted by Gasteiger charge is 2.62. The summed E-state index contributed by atoms with van der Waals surface area (Å²) < 4.78 is 2.71. The molecule has 0 saturated carbocycles. The van der Waals surface area contributed by atoms with Crippen LogP contribution in [0, 0.1) is 0 Å². The van der Waals surface area contributed by atoms with Crippen molar-refractivity contribution in [2.24, 2.45) is 0 Å². The summed E-state index contributed by atoms with van der Waals surface area (Å²) in [7, 11) is -0.586. The normalized spacial score (nSPS) is 21.4. The molecule has 0 amide bonds. The molecule has 1 radical (unpaired) electrons. The van der Waals surface area contributed by atoms with Gasteiger partial charge in [0.1, 0.15) is 0 Å². The molecular weight excluding hydrogens is 414 g/mol. The molecule has 0 saturated heterocycles. The fraction of sp³-hybridized carbons (Fsp3) is 0.452. The third kappa shape index (κ3) is 2.68. The Morgan fingerprint density at radius 3 is 2.00 bits per heavy atom. The molecule has 0 fully saturated rings. The third-order valence-electron chi connectivity index (χ3n) is 9.43. The van der Waals surface area contributed by atoms with Gasteiger partial charge in [-0.2, -0.15) is 4.57 Å². The number of benzene rings is 2. The maximum Gasteiger partial charge on any atom is 0.217 e. The van der Waals surface area contributed by atoms with Gasteiger partial charge in [-0.15, -0.1) is 0 Å². The second kappa shape index (κ2) is 7.40. The van der Waals surface area contributed by atoms with Crippen LogP contribution in [-0.4, -0.2) is 8.80 Å². The van der Waals surface area contributed by atoms with Crippen LogP contribution in [0.4, 0.5) is 0 Å². The van der Waals surface area contributed by atoms with Crippen LogP contribution in [0.15, 0.2) is 54.7 Å². The van der Waals surface area contributed by atoms with Crippen LogP contribution in [0.1, 0.15) is 77.5 Å². The summed E-state index contributed by atoms with van der Waals surface area (Å²) in [4.78, 5) is 0. The molecule has 1 aliphatic carbocycles. The fourth-order valence-corrected chi connectivity index (χ4v) is 8.72. The lowest BCUT2D eigenvalue weighted by Gasteiger charge is -2.48. The van der Waals surface area contributed by atoms with Crippen molar-refractivity contribution in [1.29, 1.82) is 0 Å². The molecule has 2 aliphatic rings. The molecule has 1 unspecified atom stereocenters. The Labute approximate surface area is 202 Å². The number of rotatable bonds is 5. The first-order valence-electron chi connectivity index (χ1n) is 12.8. The lowest BCUT2D eigenvalue weighted by atomic mass is 9.58. The van der Waals surface area contributed by atoms with Gasteiger partial charge in [-0.3, -0.25) is 0 Å².